The maximum atomic E-state index is 13.3. The molecule has 2 aromatic carbocycles. The number of ketones is 1. The zero-order valence-corrected chi connectivity index (χ0v) is 19.3. The van der Waals surface area contributed by atoms with Crippen molar-refractivity contribution in [3.8, 4) is 5.75 Å². The molecule has 1 unspecified atom stereocenters. The van der Waals surface area contributed by atoms with Crippen LogP contribution in [0.3, 0.4) is 0 Å². The Balaban J connectivity index is 1.97. The van der Waals surface area contributed by atoms with E-state index in [1.165, 1.54) is 4.90 Å². The van der Waals surface area contributed by atoms with Crippen LogP contribution >= 0.6 is 0 Å². The number of carbonyl (C=O) groups excluding carboxylic acids is 2. The quantitative estimate of drug-likeness (QED) is 0.351. The van der Waals surface area contributed by atoms with Crippen LogP contribution < -0.4 is 9.64 Å². The summed E-state index contributed by atoms with van der Waals surface area (Å²) in [5, 5.41) is 11.4. The third-order valence-corrected chi connectivity index (χ3v) is 6.23. The lowest BCUT2D eigenvalue weighted by Crippen LogP contribution is -2.29. The second kappa shape index (κ2) is 8.54. The first kappa shape index (κ1) is 22.3. The predicted molar refractivity (Wildman–Crippen MR) is 127 cm³/mol. The number of nitrogens with zero attached hydrogens (tertiary/aromatic N) is 2. The average molecular weight is 443 g/mol. The molecule has 2 heterocycles. The van der Waals surface area contributed by atoms with Gasteiger partial charge in [-0.1, -0.05) is 6.07 Å². The molecule has 1 fully saturated rings. The maximum Gasteiger partial charge on any atom is 0.300 e. The summed E-state index contributed by atoms with van der Waals surface area (Å²) in [7, 11) is 1.58. The number of aliphatic hydroxyl groups excluding tert-OH is 1. The van der Waals surface area contributed by atoms with Crippen LogP contribution in [0, 0.1) is 27.7 Å². The van der Waals surface area contributed by atoms with Crippen molar-refractivity contribution >= 4 is 23.1 Å². The third kappa shape index (κ3) is 3.78. The molecule has 0 saturated carbocycles. The number of aliphatic hydroxyl groups is 1. The number of anilines is 1. The Kier molecular flexibility index (Phi) is 5.77. The highest BCUT2D eigenvalue weighted by Crippen LogP contribution is 2.43. The smallest absolute Gasteiger partial charge is 0.300 e. The summed E-state index contributed by atoms with van der Waals surface area (Å²) in [6.07, 6.45) is 3.22. The van der Waals surface area contributed by atoms with Crippen molar-refractivity contribution in [2.45, 2.75) is 33.7 Å². The van der Waals surface area contributed by atoms with Gasteiger partial charge in [0.25, 0.3) is 11.7 Å². The zero-order valence-electron chi connectivity index (χ0n) is 19.3. The molecule has 4 rings (SSSR count). The molecule has 168 valence electrons. The molecule has 1 atom stereocenters. The van der Waals surface area contributed by atoms with Crippen molar-refractivity contribution in [3.05, 3.63) is 93.8 Å². The minimum atomic E-state index is -0.781. The Morgan fingerprint density at radius 3 is 2.24 bits per heavy atom. The van der Waals surface area contributed by atoms with E-state index in [2.05, 4.69) is 4.98 Å². The van der Waals surface area contributed by atoms with Gasteiger partial charge in [0.15, 0.2) is 0 Å². The summed E-state index contributed by atoms with van der Waals surface area (Å²) < 4.78 is 5.38. The fourth-order valence-corrected chi connectivity index (χ4v) is 4.25. The number of hydrogen-bond donors (Lipinski definition) is 1. The Morgan fingerprint density at radius 1 is 0.909 bits per heavy atom. The van der Waals surface area contributed by atoms with E-state index in [-0.39, 0.29) is 11.3 Å². The number of pyridine rings is 1. The van der Waals surface area contributed by atoms with Crippen LogP contribution in [0.1, 0.15) is 39.4 Å². The molecule has 1 amide bonds. The summed E-state index contributed by atoms with van der Waals surface area (Å²) in [6.45, 7) is 7.64. The Hall–Kier alpha value is -3.93. The predicted octanol–water partition coefficient (Wildman–Crippen LogP) is 4.95. The number of hydrogen-bond acceptors (Lipinski definition) is 5. The van der Waals surface area contributed by atoms with E-state index in [1.807, 2.05) is 52.0 Å². The van der Waals surface area contributed by atoms with Gasteiger partial charge in [0, 0.05) is 23.6 Å². The number of rotatable bonds is 4. The zero-order chi connectivity index (χ0) is 23.9. The lowest BCUT2D eigenvalue weighted by atomic mass is 9.93. The molecule has 0 aliphatic carbocycles. The van der Waals surface area contributed by atoms with Crippen LogP contribution in [0.4, 0.5) is 5.69 Å². The molecule has 33 heavy (non-hydrogen) atoms. The molecule has 1 aliphatic heterocycles. The summed E-state index contributed by atoms with van der Waals surface area (Å²) >= 11 is 0. The summed E-state index contributed by atoms with van der Waals surface area (Å²) in [5.74, 6) is -0.917. The van der Waals surface area contributed by atoms with Gasteiger partial charge in [-0.15, -0.1) is 0 Å². The van der Waals surface area contributed by atoms with Crippen LogP contribution in [-0.2, 0) is 9.59 Å². The molecular formula is C27H26N2O4. The molecule has 0 radical (unpaired) electrons. The molecule has 0 spiro atoms. The standard InChI is InChI=1S/C27H26N2O4/c1-15-6-7-20(12-16(15)2)29-24(19-8-10-28-11-9-19)23(26(31)27(29)32)25(30)21-13-18(4)22(33-5)14-17(21)3/h6-14,24,30H,1-5H3/b25-23+. The Labute approximate surface area is 193 Å². The van der Waals surface area contributed by atoms with Crippen molar-refractivity contribution in [1.82, 2.24) is 4.98 Å². The third-order valence-electron chi connectivity index (χ3n) is 6.23. The Bertz CT molecular complexity index is 1290. The highest BCUT2D eigenvalue weighted by atomic mass is 16.5. The fraction of sp³-hybridized carbons (Fsp3) is 0.222. The van der Waals surface area contributed by atoms with Gasteiger partial charge in [-0.2, -0.15) is 0 Å². The van der Waals surface area contributed by atoms with Gasteiger partial charge in [0.2, 0.25) is 0 Å². The number of benzene rings is 2. The van der Waals surface area contributed by atoms with Gasteiger partial charge in [-0.05, 0) is 91.9 Å². The number of methoxy groups -OCH3 is 1. The van der Waals surface area contributed by atoms with Crippen LogP contribution in [0.2, 0.25) is 0 Å². The average Bonchev–Trinajstić information content (AvgIpc) is 3.07. The van der Waals surface area contributed by atoms with Crippen LogP contribution in [0.25, 0.3) is 5.76 Å². The first-order valence-electron chi connectivity index (χ1n) is 10.7. The SMILES string of the molecule is COc1cc(C)c(/C(O)=C2\C(=O)C(=O)N(c3ccc(C)c(C)c3)C2c2ccncc2)cc1C. The van der Waals surface area contributed by atoms with Gasteiger partial charge in [-0.25, -0.2) is 0 Å². The molecule has 6 nitrogen and oxygen atoms in total. The second-order valence-electron chi connectivity index (χ2n) is 8.35. The van der Waals surface area contributed by atoms with E-state index in [1.54, 1.807) is 37.7 Å². The van der Waals surface area contributed by atoms with E-state index in [4.69, 9.17) is 4.74 Å². The number of aryl methyl sites for hydroxylation is 4. The van der Waals surface area contributed by atoms with Gasteiger partial charge in [0.05, 0.1) is 18.7 Å². The molecule has 1 aliphatic rings. The number of ether oxygens (including phenoxy) is 1. The first-order valence-corrected chi connectivity index (χ1v) is 10.7. The van der Waals surface area contributed by atoms with Crippen molar-refractivity contribution in [1.29, 1.82) is 0 Å². The van der Waals surface area contributed by atoms with E-state index in [9.17, 15) is 14.7 Å². The molecular weight excluding hydrogens is 416 g/mol. The molecule has 1 aromatic heterocycles. The van der Waals surface area contributed by atoms with Crippen molar-refractivity contribution in [3.63, 3.8) is 0 Å². The van der Waals surface area contributed by atoms with Crippen LogP contribution in [0.5, 0.6) is 5.75 Å². The molecule has 0 bridgehead atoms. The van der Waals surface area contributed by atoms with Gasteiger partial charge in [-0.3, -0.25) is 19.5 Å². The summed E-state index contributed by atoms with van der Waals surface area (Å²) in [4.78, 5) is 32.1. The van der Waals surface area contributed by atoms with Crippen LogP contribution in [-0.4, -0.2) is 28.9 Å². The van der Waals surface area contributed by atoms with E-state index in [0.29, 0.717) is 22.6 Å². The monoisotopic (exact) mass is 442 g/mol. The largest absolute Gasteiger partial charge is 0.507 e. The minimum absolute atomic E-state index is 0.0529. The van der Waals surface area contributed by atoms with Gasteiger partial charge >= 0.3 is 0 Å². The van der Waals surface area contributed by atoms with Crippen LogP contribution in [0.15, 0.2) is 60.4 Å². The highest BCUT2D eigenvalue weighted by molar-refractivity contribution is 6.51. The number of carbonyl (C=O) groups is 2. The Morgan fingerprint density at radius 2 is 1.61 bits per heavy atom. The molecule has 1 saturated heterocycles. The van der Waals surface area contributed by atoms with Crippen molar-refractivity contribution in [2.75, 3.05) is 12.0 Å². The highest BCUT2D eigenvalue weighted by Gasteiger charge is 2.47. The molecule has 1 N–H and O–H groups in total. The summed E-state index contributed by atoms with van der Waals surface area (Å²) in [6, 6.07) is 11.9. The molecule has 6 heteroatoms. The second-order valence-corrected chi connectivity index (χ2v) is 8.35. The van der Waals surface area contributed by atoms with Crippen molar-refractivity contribution in [2.24, 2.45) is 0 Å². The fourth-order valence-electron chi connectivity index (χ4n) is 4.25. The van der Waals surface area contributed by atoms with Crippen molar-refractivity contribution < 1.29 is 19.4 Å². The normalized spacial score (nSPS) is 17.5. The van der Waals surface area contributed by atoms with E-state index in [0.717, 1.165) is 22.3 Å². The lowest BCUT2D eigenvalue weighted by molar-refractivity contribution is -0.132. The van der Waals surface area contributed by atoms with Gasteiger partial charge < -0.3 is 9.84 Å². The number of aromatic nitrogens is 1. The maximum absolute atomic E-state index is 13.3. The van der Waals surface area contributed by atoms with E-state index < -0.39 is 17.7 Å². The van der Waals surface area contributed by atoms with Gasteiger partial charge in [0.1, 0.15) is 11.5 Å². The summed E-state index contributed by atoms with van der Waals surface area (Å²) in [5.41, 5.74) is 5.47. The number of Topliss-reactive ketones (excluding diaryl/α,β-unsaturated/α-hetero) is 1. The number of amides is 1. The first-order chi connectivity index (χ1) is 15.7. The lowest BCUT2D eigenvalue weighted by Gasteiger charge is -2.26. The van der Waals surface area contributed by atoms with E-state index >= 15 is 0 Å². The molecule has 3 aromatic rings. The topological polar surface area (TPSA) is 79.7 Å². The minimum Gasteiger partial charge on any atom is -0.507 e.